The van der Waals surface area contributed by atoms with E-state index in [2.05, 4.69) is 22.3 Å². The number of hydrogen-bond acceptors (Lipinski definition) is 10. The number of ether oxygens (including phenoxy) is 4. The summed E-state index contributed by atoms with van der Waals surface area (Å²) in [6.45, 7) is 11.8. The number of esters is 2. The smallest absolute Gasteiger partial charge is 0.311 e. The second kappa shape index (κ2) is 20.8. The van der Waals surface area contributed by atoms with Crippen molar-refractivity contribution in [1.29, 1.82) is 0 Å². The molecule has 0 unspecified atom stereocenters. The number of methoxy groups -OCH3 is 2. The lowest BCUT2D eigenvalue weighted by Gasteiger charge is -2.20. The molecule has 0 aliphatic rings. The summed E-state index contributed by atoms with van der Waals surface area (Å²) in [7, 11) is 5.21. The molecule has 8 nitrogen and oxygen atoms in total. The van der Waals surface area contributed by atoms with Gasteiger partial charge >= 0.3 is 11.9 Å². The van der Waals surface area contributed by atoms with Gasteiger partial charge in [-0.1, -0.05) is 24.3 Å². The summed E-state index contributed by atoms with van der Waals surface area (Å²) < 4.78 is 20.9. The molecule has 0 aliphatic heterocycles. The summed E-state index contributed by atoms with van der Waals surface area (Å²) in [5.41, 5.74) is 1.53. The van der Waals surface area contributed by atoms with E-state index in [-0.39, 0.29) is 30.6 Å². The molecule has 248 valence electrons. The Morgan fingerprint density at radius 2 is 1.07 bits per heavy atom. The molecular weight excluding hydrogens is 620 g/mol. The van der Waals surface area contributed by atoms with Crippen LogP contribution in [0.25, 0.3) is 0 Å². The van der Waals surface area contributed by atoms with E-state index in [1.165, 1.54) is 11.1 Å². The zero-order valence-electron chi connectivity index (χ0n) is 27.7. The van der Waals surface area contributed by atoms with Gasteiger partial charge in [0.2, 0.25) is 0 Å². The van der Waals surface area contributed by atoms with E-state index in [0.717, 1.165) is 34.5 Å². The average molecular weight is 671 g/mol. The first-order valence-corrected chi connectivity index (χ1v) is 17.2. The highest BCUT2D eigenvalue weighted by Gasteiger charge is 2.25. The van der Waals surface area contributed by atoms with Crippen molar-refractivity contribution in [3.05, 3.63) is 59.7 Å². The molecule has 0 aromatic heterocycles. The number of benzene rings is 2. The molecule has 0 fully saturated rings. The summed E-state index contributed by atoms with van der Waals surface area (Å²) in [6, 6.07) is 16.1. The van der Waals surface area contributed by atoms with Gasteiger partial charge in [-0.05, 0) is 95.8 Å². The van der Waals surface area contributed by atoms with Crippen molar-refractivity contribution in [2.75, 3.05) is 46.0 Å². The summed E-state index contributed by atoms with van der Waals surface area (Å²) in [4.78, 5) is 26.2. The standard InChI is InChI=1S/C17H27NO3S.C16H24ClNO3S/c1-17(2,3)16(19)21-10-14(18-4)12-22-11-13-6-8-15(20-5)9-7-13;1-16(2,3)15(19)21-9-13(18-17)11-22-10-12-5-7-14(20-4)8-6-12/h6-9,14,18H,10-12H2,1-5H3;5-8,13,18H,9-11H2,1-4H3/t14-;13-/m11/s1. The van der Waals surface area contributed by atoms with E-state index < -0.39 is 10.8 Å². The Bertz CT molecular complexity index is 1000. The van der Waals surface area contributed by atoms with Gasteiger partial charge in [-0.3, -0.25) is 9.59 Å². The molecule has 0 saturated carbocycles. The van der Waals surface area contributed by atoms with Crippen LogP contribution in [0.2, 0.25) is 0 Å². The highest BCUT2D eigenvalue weighted by atomic mass is 35.5. The summed E-state index contributed by atoms with van der Waals surface area (Å²) in [5.74, 6) is 4.78. The largest absolute Gasteiger partial charge is 0.497 e. The number of carbonyl (C=O) groups is 2. The molecule has 2 aromatic rings. The molecule has 0 aliphatic carbocycles. The zero-order valence-corrected chi connectivity index (χ0v) is 30.0. The molecule has 2 rings (SSSR count). The monoisotopic (exact) mass is 670 g/mol. The minimum Gasteiger partial charge on any atom is -0.497 e. The number of rotatable bonds is 16. The molecule has 0 saturated heterocycles. The minimum absolute atomic E-state index is 0.0729. The Morgan fingerprint density at radius 1 is 0.705 bits per heavy atom. The maximum Gasteiger partial charge on any atom is 0.311 e. The van der Waals surface area contributed by atoms with Crippen LogP contribution in [0.4, 0.5) is 0 Å². The molecular formula is C33H51ClN2O6S2. The van der Waals surface area contributed by atoms with Crippen molar-refractivity contribution in [2.45, 2.75) is 65.1 Å². The SMILES string of the molecule is CN[C@H](COC(=O)C(C)(C)C)CSCc1ccc(OC)cc1.COc1ccc(CSC[C@@H](COC(=O)C(C)(C)C)NCl)cc1. The second-order valence-corrected chi connectivity index (χ2v) is 14.5. The normalized spacial score (nSPS) is 12.8. The Morgan fingerprint density at radius 3 is 1.39 bits per heavy atom. The molecule has 0 amide bonds. The topological polar surface area (TPSA) is 95.1 Å². The van der Waals surface area contributed by atoms with Crippen molar-refractivity contribution in [3.8, 4) is 11.5 Å². The lowest BCUT2D eigenvalue weighted by Crippen LogP contribution is -2.35. The van der Waals surface area contributed by atoms with Gasteiger partial charge in [-0.15, -0.1) is 0 Å². The van der Waals surface area contributed by atoms with Gasteiger partial charge in [-0.25, -0.2) is 4.84 Å². The van der Waals surface area contributed by atoms with Crippen LogP contribution in [0.15, 0.2) is 48.5 Å². The number of halogens is 1. The third-order valence-electron chi connectivity index (χ3n) is 6.11. The first-order chi connectivity index (χ1) is 20.7. The van der Waals surface area contributed by atoms with Crippen molar-refractivity contribution in [3.63, 3.8) is 0 Å². The summed E-state index contributed by atoms with van der Waals surface area (Å²) in [6.07, 6.45) is 0. The van der Waals surface area contributed by atoms with E-state index in [1.54, 1.807) is 26.0 Å². The van der Waals surface area contributed by atoms with E-state index in [9.17, 15) is 9.59 Å². The number of hydrogen-bond donors (Lipinski definition) is 2. The quantitative estimate of drug-likeness (QED) is 0.148. The van der Waals surface area contributed by atoms with E-state index in [1.807, 2.05) is 96.8 Å². The van der Waals surface area contributed by atoms with Crippen LogP contribution >= 0.6 is 35.3 Å². The molecule has 0 spiro atoms. The van der Waals surface area contributed by atoms with Crippen LogP contribution in [-0.2, 0) is 30.6 Å². The molecule has 11 heteroatoms. The lowest BCUT2D eigenvalue weighted by atomic mass is 9.97. The van der Waals surface area contributed by atoms with Gasteiger partial charge in [0.15, 0.2) is 0 Å². The van der Waals surface area contributed by atoms with Crippen LogP contribution in [0, 0.1) is 10.8 Å². The van der Waals surface area contributed by atoms with Gasteiger partial charge in [-0.2, -0.15) is 23.5 Å². The molecule has 2 N–H and O–H groups in total. The summed E-state index contributed by atoms with van der Waals surface area (Å²) >= 11 is 9.27. The third-order valence-corrected chi connectivity index (χ3v) is 8.77. The van der Waals surface area contributed by atoms with Crippen molar-refractivity contribution in [2.24, 2.45) is 10.8 Å². The fourth-order valence-electron chi connectivity index (χ4n) is 3.19. The predicted molar refractivity (Wildman–Crippen MR) is 185 cm³/mol. The Labute approximate surface area is 278 Å². The number of likely N-dealkylation sites (N-methyl/N-ethyl adjacent to an activating group) is 1. The first-order valence-electron chi connectivity index (χ1n) is 14.5. The van der Waals surface area contributed by atoms with Crippen LogP contribution in [0.5, 0.6) is 11.5 Å². The second-order valence-electron chi connectivity index (χ2n) is 12.2. The first kappa shape index (κ1) is 39.9. The molecule has 0 heterocycles. The van der Waals surface area contributed by atoms with Crippen LogP contribution < -0.4 is 19.6 Å². The van der Waals surface area contributed by atoms with Crippen molar-refractivity contribution >= 4 is 47.2 Å². The Kier molecular flexibility index (Phi) is 18.9. The average Bonchev–Trinajstić information content (AvgIpc) is 3.00. The molecule has 0 bridgehead atoms. The highest BCUT2D eigenvalue weighted by Crippen LogP contribution is 2.20. The molecule has 0 radical (unpaired) electrons. The fourth-order valence-corrected chi connectivity index (χ4v) is 5.53. The lowest BCUT2D eigenvalue weighted by molar-refractivity contribution is -0.154. The van der Waals surface area contributed by atoms with Crippen LogP contribution in [0.1, 0.15) is 52.7 Å². The van der Waals surface area contributed by atoms with E-state index in [4.69, 9.17) is 30.7 Å². The predicted octanol–water partition coefficient (Wildman–Crippen LogP) is 6.74. The van der Waals surface area contributed by atoms with Crippen molar-refractivity contribution in [1.82, 2.24) is 10.2 Å². The third kappa shape index (κ3) is 16.8. The Balaban J connectivity index is 0.000000440. The maximum absolute atomic E-state index is 11.8. The minimum atomic E-state index is -0.493. The van der Waals surface area contributed by atoms with Gasteiger partial charge in [0.05, 0.1) is 37.1 Å². The Hall–Kier alpha value is -2.11. The van der Waals surface area contributed by atoms with E-state index >= 15 is 0 Å². The molecule has 44 heavy (non-hydrogen) atoms. The summed E-state index contributed by atoms with van der Waals surface area (Å²) in [5, 5.41) is 3.20. The molecule has 2 aromatic carbocycles. The van der Waals surface area contributed by atoms with Gasteiger partial charge in [0.25, 0.3) is 0 Å². The van der Waals surface area contributed by atoms with Gasteiger partial charge < -0.3 is 24.3 Å². The highest BCUT2D eigenvalue weighted by molar-refractivity contribution is 7.98. The van der Waals surface area contributed by atoms with Gasteiger partial charge in [0, 0.05) is 23.0 Å². The zero-order chi connectivity index (χ0) is 33.2. The maximum atomic E-state index is 11.8. The van der Waals surface area contributed by atoms with Crippen molar-refractivity contribution < 1.29 is 28.5 Å². The van der Waals surface area contributed by atoms with Gasteiger partial charge in [0.1, 0.15) is 24.7 Å². The number of carbonyl (C=O) groups excluding carboxylic acids is 2. The van der Waals surface area contributed by atoms with E-state index in [0.29, 0.717) is 6.61 Å². The fraction of sp³-hybridized carbons (Fsp3) is 0.576. The number of nitrogens with one attached hydrogen (secondary N) is 2. The molecule has 2 atom stereocenters. The number of thioether (sulfide) groups is 2. The van der Waals surface area contributed by atoms with Crippen LogP contribution in [0.3, 0.4) is 0 Å². The van der Waals surface area contributed by atoms with Crippen LogP contribution in [-0.4, -0.2) is 70.0 Å².